The number of likely N-dealkylation sites (N-methyl/N-ethyl adjacent to an activating group) is 1. The van der Waals surface area contributed by atoms with Crippen LogP contribution >= 0.6 is 34.8 Å². The number of hydrogen-bond acceptors (Lipinski definition) is 4. The number of halogens is 3. The summed E-state index contributed by atoms with van der Waals surface area (Å²) in [6, 6.07) is 10.8. The standard InChI is InChI=1S/C21H24Cl3N3O4S/c1-4-25-21(29)14(2)26(12-15-8-6-5-7-9-15)20(28)13-27(32(3,30)31)19-11-17(23)16(22)10-18(19)24/h5-11,14H,4,12-13H2,1-3H3,(H,25,29)/t14-/m1/s1. The maximum Gasteiger partial charge on any atom is 0.244 e. The first-order chi connectivity index (χ1) is 15.0. The summed E-state index contributed by atoms with van der Waals surface area (Å²) in [4.78, 5) is 27.1. The van der Waals surface area contributed by atoms with Crippen LogP contribution in [0, 0.1) is 0 Å². The molecular formula is C21H24Cl3N3O4S. The van der Waals surface area contributed by atoms with E-state index in [1.807, 2.05) is 30.3 Å². The lowest BCUT2D eigenvalue weighted by Crippen LogP contribution is -2.51. The van der Waals surface area contributed by atoms with Gasteiger partial charge in [0.15, 0.2) is 0 Å². The highest BCUT2D eigenvalue weighted by atomic mass is 35.5. The molecule has 0 saturated carbocycles. The van der Waals surface area contributed by atoms with Crippen LogP contribution in [0.15, 0.2) is 42.5 Å². The summed E-state index contributed by atoms with van der Waals surface area (Å²) in [7, 11) is -3.93. The summed E-state index contributed by atoms with van der Waals surface area (Å²) in [6.07, 6.45) is 0.952. The molecule has 0 spiro atoms. The van der Waals surface area contributed by atoms with Crippen LogP contribution in [0.3, 0.4) is 0 Å². The van der Waals surface area contributed by atoms with Gasteiger partial charge in [-0.25, -0.2) is 8.42 Å². The predicted octanol–water partition coefficient (Wildman–Crippen LogP) is 3.97. The van der Waals surface area contributed by atoms with Crippen molar-refractivity contribution in [2.24, 2.45) is 0 Å². The second-order valence-corrected chi connectivity index (χ2v) is 10.2. The fourth-order valence-electron chi connectivity index (χ4n) is 2.98. The van der Waals surface area contributed by atoms with Crippen molar-refractivity contribution in [1.82, 2.24) is 10.2 Å². The summed E-state index contributed by atoms with van der Waals surface area (Å²) < 4.78 is 25.9. The van der Waals surface area contributed by atoms with E-state index in [1.54, 1.807) is 13.8 Å². The number of nitrogens with zero attached hydrogens (tertiary/aromatic N) is 2. The van der Waals surface area contributed by atoms with Crippen LogP contribution in [0.25, 0.3) is 0 Å². The number of amides is 2. The van der Waals surface area contributed by atoms with E-state index < -0.39 is 28.5 Å². The largest absolute Gasteiger partial charge is 0.355 e. The fraction of sp³-hybridized carbons (Fsp3) is 0.333. The molecule has 0 aromatic heterocycles. The van der Waals surface area contributed by atoms with E-state index in [0.717, 1.165) is 16.1 Å². The molecule has 0 bridgehead atoms. The zero-order chi connectivity index (χ0) is 24.1. The molecule has 2 rings (SSSR count). The van der Waals surface area contributed by atoms with Gasteiger partial charge < -0.3 is 10.2 Å². The van der Waals surface area contributed by atoms with E-state index in [1.165, 1.54) is 17.0 Å². The lowest BCUT2D eigenvalue weighted by molar-refractivity contribution is -0.139. The Hall–Kier alpha value is -2.00. The second kappa shape index (κ2) is 11.2. The van der Waals surface area contributed by atoms with Crippen molar-refractivity contribution in [3.05, 3.63) is 63.1 Å². The highest BCUT2D eigenvalue weighted by Crippen LogP contribution is 2.35. The molecule has 0 heterocycles. The highest BCUT2D eigenvalue weighted by molar-refractivity contribution is 7.92. The first kappa shape index (κ1) is 26.3. The average Bonchev–Trinajstić information content (AvgIpc) is 2.72. The van der Waals surface area contributed by atoms with Gasteiger partial charge in [-0.05, 0) is 31.5 Å². The van der Waals surface area contributed by atoms with E-state index in [0.29, 0.717) is 6.54 Å². The predicted molar refractivity (Wildman–Crippen MR) is 129 cm³/mol. The molecule has 2 amide bonds. The van der Waals surface area contributed by atoms with E-state index >= 15 is 0 Å². The Morgan fingerprint density at radius 3 is 2.19 bits per heavy atom. The molecule has 0 fully saturated rings. The van der Waals surface area contributed by atoms with Gasteiger partial charge in [-0.1, -0.05) is 65.1 Å². The Morgan fingerprint density at radius 2 is 1.62 bits per heavy atom. The van der Waals surface area contributed by atoms with Gasteiger partial charge in [-0.15, -0.1) is 0 Å². The number of anilines is 1. The van der Waals surface area contributed by atoms with E-state index in [9.17, 15) is 18.0 Å². The number of carbonyl (C=O) groups is 2. The lowest BCUT2D eigenvalue weighted by atomic mass is 10.1. The fourth-order valence-corrected chi connectivity index (χ4v) is 4.53. The molecule has 0 aliphatic heterocycles. The van der Waals surface area contributed by atoms with E-state index in [2.05, 4.69) is 5.32 Å². The van der Waals surface area contributed by atoms with Crippen molar-refractivity contribution in [3.63, 3.8) is 0 Å². The average molecular weight is 521 g/mol. The molecule has 0 saturated heterocycles. The molecule has 1 atom stereocenters. The van der Waals surface area contributed by atoms with Gasteiger partial charge in [0, 0.05) is 13.1 Å². The number of nitrogens with one attached hydrogen (secondary N) is 1. The molecular weight excluding hydrogens is 497 g/mol. The summed E-state index contributed by atoms with van der Waals surface area (Å²) in [5.74, 6) is -0.935. The van der Waals surface area contributed by atoms with Crippen molar-refractivity contribution < 1.29 is 18.0 Å². The second-order valence-electron chi connectivity index (χ2n) is 7.07. The van der Waals surface area contributed by atoms with E-state index in [4.69, 9.17) is 34.8 Å². The summed E-state index contributed by atoms with van der Waals surface area (Å²) in [5, 5.41) is 2.94. The molecule has 11 heteroatoms. The minimum Gasteiger partial charge on any atom is -0.355 e. The van der Waals surface area contributed by atoms with Crippen LogP contribution in [0.1, 0.15) is 19.4 Å². The number of hydrogen-bond donors (Lipinski definition) is 1. The SMILES string of the molecule is CCNC(=O)[C@@H](C)N(Cc1ccccc1)C(=O)CN(c1cc(Cl)c(Cl)cc1Cl)S(C)(=O)=O. The van der Waals surface area contributed by atoms with Crippen LogP contribution in [0.5, 0.6) is 0 Å². The third-order valence-electron chi connectivity index (χ3n) is 4.65. The highest BCUT2D eigenvalue weighted by Gasteiger charge is 2.31. The number of rotatable bonds is 9. The zero-order valence-electron chi connectivity index (χ0n) is 17.8. The Balaban J connectivity index is 2.43. The number of benzene rings is 2. The van der Waals surface area contributed by atoms with Gasteiger partial charge in [-0.3, -0.25) is 13.9 Å². The van der Waals surface area contributed by atoms with Crippen molar-refractivity contribution in [2.75, 3.05) is 23.7 Å². The Kier molecular flexibility index (Phi) is 9.21. The molecule has 0 aliphatic carbocycles. The maximum atomic E-state index is 13.3. The molecule has 0 unspecified atom stereocenters. The van der Waals surface area contributed by atoms with Crippen molar-refractivity contribution in [1.29, 1.82) is 0 Å². The van der Waals surface area contributed by atoms with Crippen LogP contribution in [-0.2, 0) is 26.2 Å². The summed E-state index contributed by atoms with van der Waals surface area (Å²) in [5.41, 5.74) is 0.803. The van der Waals surface area contributed by atoms with Gasteiger partial charge >= 0.3 is 0 Å². The molecule has 174 valence electrons. The quantitative estimate of drug-likeness (QED) is 0.507. The Morgan fingerprint density at radius 1 is 1.03 bits per heavy atom. The number of sulfonamides is 1. The lowest BCUT2D eigenvalue weighted by Gasteiger charge is -2.31. The van der Waals surface area contributed by atoms with Gasteiger partial charge in [0.2, 0.25) is 21.8 Å². The van der Waals surface area contributed by atoms with E-state index in [-0.39, 0.29) is 33.2 Å². The van der Waals surface area contributed by atoms with Crippen LogP contribution in [-0.4, -0.2) is 50.5 Å². The van der Waals surface area contributed by atoms with Crippen LogP contribution < -0.4 is 9.62 Å². The Labute approximate surface area is 203 Å². The first-order valence-corrected chi connectivity index (χ1v) is 12.7. The molecule has 2 aromatic carbocycles. The normalized spacial score (nSPS) is 12.2. The molecule has 7 nitrogen and oxygen atoms in total. The summed E-state index contributed by atoms with van der Waals surface area (Å²) >= 11 is 18.2. The number of carbonyl (C=O) groups excluding carboxylic acids is 2. The topological polar surface area (TPSA) is 86.8 Å². The molecule has 0 aliphatic rings. The Bertz CT molecular complexity index is 1080. The smallest absolute Gasteiger partial charge is 0.244 e. The van der Waals surface area contributed by atoms with Crippen molar-refractivity contribution in [3.8, 4) is 0 Å². The van der Waals surface area contributed by atoms with Gasteiger partial charge in [0.25, 0.3) is 0 Å². The summed E-state index contributed by atoms with van der Waals surface area (Å²) in [6.45, 7) is 3.29. The van der Waals surface area contributed by atoms with Gasteiger partial charge in [-0.2, -0.15) is 0 Å². The van der Waals surface area contributed by atoms with Gasteiger partial charge in [0.1, 0.15) is 12.6 Å². The molecule has 1 N–H and O–H groups in total. The monoisotopic (exact) mass is 519 g/mol. The molecule has 32 heavy (non-hydrogen) atoms. The minimum atomic E-state index is -3.93. The third kappa shape index (κ3) is 6.75. The van der Waals surface area contributed by atoms with Crippen molar-refractivity contribution >= 4 is 62.3 Å². The van der Waals surface area contributed by atoms with Crippen LogP contribution in [0.4, 0.5) is 5.69 Å². The minimum absolute atomic E-state index is 0.0160. The van der Waals surface area contributed by atoms with Gasteiger partial charge in [0.05, 0.1) is 27.0 Å². The van der Waals surface area contributed by atoms with Crippen LogP contribution in [0.2, 0.25) is 15.1 Å². The molecule has 0 radical (unpaired) electrons. The molecule has 2 aromatic rings. The first-order valence-electron chi connectivity index (χ1n) is 9.69. The zero-order valence-corrected chi connectivity index (χ0v) is 20.9. The maximum absolute atomic E-state index is 13.3. The third-order valence-corrected chi connectivity index (χ3v) is 6.80. The van der Waals surface area contributed by atoms with Crippen molar-refractivity contribution in [2.45, 2.75) is 26.4 Å².